The van der Waals surface area contributed by atoms with Gasteiger partial charge in [-0.15, -0.1) is 0 Å². The van der Waals surface area contributed by atoms with Gasteiger partial charge in [-0.25, -0.2) is 8.42 Å². The summed E-state index contributed by atoms with van der Waals surface area (Å²) in [5.74, 6) is -1.000. The molecule has 1 aliphatic carbocycles. The first-order valence-corrected chi connectivity index (χ1v) is 7.61. The Kier molecular flexibility index (Phi) is 3.79. The van der Waals surface area contributed by atoms with Crippen molar-refractivity contribution < 1.29 is 17.7 Å². The molecular weight excluding hydrogens is 287 g/mol. The normalized spacial score (nSPS) is 16.2. The van der Waals surface area contributed by atoms with Crippen molar-refractivity contribution in [2.45, 2.75) is 37.1 Å². The topological polar surface area (TPSA) is 80.5 Å². The Hall–Kier alpha value is -1.54. The van der Waals surface area contributed by atoms with Gasteiger partial charge in [-0.1, -0.05) is 6.42 Å². The van der Waals surface area contributed by atoms with Crippen LogP contribution in [0.4, 0.5) is 10.1 Å². The van der Waals surface area contributed by atoms with E-state index in [9.17, 15) is 22.9 Å². The van der Waals surface area contributed by atoms with Crippen LogP contribution in [-0.4, -0.2) is 30.7 Å². The van der Waals surface area contributed by atoms with Crippen molar-refractivity contribution in [3.05, 3.63) is 33.6 Å². The van der Waals surface area contributed by atoms with Crippen LogP contribution in [0, 0.1) is 22.9 Å². The summed E-state index contributed by atoms with van der Waals surface area (Å²) in [6, 6.07) is 1.84. The van der Waals surface area contributed by atoms with Gasteiger partial charge in [-0.3, -0.25) is 10.1 Å². The van der Waals surface area contributed by atoms with Crippen LogP contribution in [-0.2, 0) is 10.0 Å². The lowest BCUT2D eigenvalue weighted by atomic mass is 9.94. The van der Waals surface area contributed by atoms with Gasteiger partial charge in [-0.05, 0) is 31.4 Å². The largest absolute Gasteiger partial charge is 0.306 e. The first kappa shape index (κ1) is 14.9. The summed E-state index contributed by atoms with van der Waals surface area (Å²) in [7, 11) is -2.38. The molecule has 8 heteroatoms. The molecule has 0 heterocycles. The Bertz CT molecular complexity index is 656. The molecule has 0 radical (unpaired) electrons. The average molecular weight is 302 g/mol. The number of benzene rings is 1. The van der Waals surface area contributed by atoms with Gasteiger partial charge in [0.1, 0.15) is 0 Å². The molecular formula is C12H15FN2O4S. The maximum Gasteiger partial charge on any atom is 0.306 e. The number of sulfonamides is 1. The van der Waals surface area contributed by atoms with Crippen LogP contribution >= 0.6 is 0 Å². The Labute approximate surface area is 116 Å². The van der Waals surface area contributed by atoms with E-state index in [1.54, 1.807) is 0 Å². The van der Waals surface area contributed by atoms with E-state index in [4.69, 9.17) is 0 Å². The van der Waals surface area contributed by atoms with Gasteiger partial charge in [0, 0.05) is 19.2 Å². The minimum absolute atomic E-state index is 0.0558. The van der Waals surface area contributed by atoms with E-state index >= 15 is 0 Å². The van der Waals surface area contributed by atoms with E-state index in [0.717, 1.165) is 31.4 Å². The molecule has 0 amide bonds. The number of halogens is 1. The molecule has 20 heavy (non-hydrogen) atoms. The Balaban J connectivity index is 2.49. The smallest absolute Gasteiger partial charge is 0.258 e. The van der Waals surface area contributed by atoms with Gasteiger partial charge < -0.3 is 0 Å². The lowest BCUT2D eigenvalue weighted by Gasteiger charge is -2.33. The van der Waals surface area contributed by atoms with Gasteiger partial charge in [0.15, 0.2) is 0 Å². The lowest BCUT2D eigenvalue weighted by Crippen LogP contribution is -2.41. The fourth-order valence-electron chi connectivity index (χ4n) is 2.11. The van der Waals surface area contributed by atoms with Gasteiger partial charge in [0.2, 0.25) is 15.8 Å². The SMILES string of the molecule is Cc1cc(S(=O)(=O)N(C)C2CCC2)cc([N+](=O)[O-])c1F. The third kappa shape index (κ3) is 2.40. The zero-order valence-electron chi connectivity index (χ0n) is 11.2. The zero-order valence-corrected chi connectivity index (χ0v) is 12.0. The molecule has 1 fully saturated rings. The predicted molar refractivity (Wildman–Crippen MR) is 70.4 cm³/mol. The quantitative estimate of drug-likeness (QED) is 0.631. The highest BCUT2D eigenvalue weighted by atomic mass is 32.2. The predicted octanol–water partition coefficient (Wildman–Crippen LogP) is 2.22. The highest BCUT2D eigenvalue weighted by Gasteiger charge is 2.33. The standard InChI is InChI=1S/C12H15FN2O4S/c1-8-6-10(7-11(12(8)13)15(16)17)20(18,19)14(2)9-4-3-5-9/h6-7,9H,3-5H2,1-2H3. The summed E-state index contributed by atoms with van der Waals surface area (Å²) in [5, 5.41) is 10.8. The number of aryl methyl sites for hydroxylation is 1. The third-order valence-electron chi connectivity index (χ3n) is 3.67. The number of hydrogen-bond acceptors (Lipinski definition) is 4. The minimum Gasteiger partial charge on any atom is -0.258 e. The van der Waals surface area contributed by atoms with Gasteiger partial charge in [0.05, 0.1) is 9.82 Å². The molecule has 1 aromatic rings. The van der Waals surface area contributed by atoms with E-state index in [1.165, 1.54) is 18.3 Å². The highest BCUT2D eigenvalue weighted by Crippen LogP contribution is 2.31. The molecule has 0 aliphatic heterocycles. The number of hydrogen-bond donors (Lipinski definition) is 0. The van der Waals surface area contributed by atoms with Gasteiger partial charge in [-0.2, -0.15) is 8.70 Å². The summed E-state index contributed by atoms with van der Waals surface area (Å²) in [4.78, 5) is 9.63. The first-order chi connectivity index (χ1) is 9.25. The molecule has 0 spiro atoms. The van der Waals surface area contributed by atoms with Crippen molar-refractivity contribution in [1.82, 2.24) is 4.31 Å². The van der Waals surface area contributed by atoms with Crippen LogP contribution in [0.2, 0.25) is 0 Å². The number of nitro benzene ring substituents is 1. The van der Waals surface area contributed by atoms with Crippen LogP contribution < -0.4 is 0 Å². The van der Waals surface area contributed by atoms with Crippen molar-refractivity contribution in [2.24, 2.45) is 0 Å². The van der Waals surface area contributed by atoms with Crippen molar-refractivity contribution in [2.75, 3.05) is 7.05 Å². The minimum atomic E-state index is -3.83. The summed E-state index contributed by atoms with van der Waals surface area (Å²) >= 11 is 0. The van der Waals surface area contributed by atoms with Gasteiger partial charge >= 0.3 is 5.69 Å². The second kappa shape index (κ2) is 5.10. The van der Waals surface area contributed by atoms with E-state index in [0.29, 0.717) is 0 Å². The maximum absolute atomic E-state index is 13.6. The van der Waals surface area contributed by atoms with Crippen LogP contribution in [0.1, 0.15) is 24.8 Å². The number of nitro groups is 1. The number of rotatable bonds is 4. The van der Waals surface area contributed by atoms with Crippen LogP contribution in [0.15, 0.2) is 17.0 Å². The lowest BCUT2D eigenvalue weighted by molar-refractivity contribution is -0.387. The molecule has 0 aromatic heterocycles. The highest BCUT2D eigenvalue weighted by molar-refractivity contribution is 7.89. The van der Waals surface area contributed by atoms with Crippen molar-refractivity contribution in [3.8, 4) is 0 Å². The third-order valence-corrected chi connectivity index (χ3v) is 5.56. The van der Waals surface area contributed by atoms with Crippen LogP contribution in [0.3, 0.4) is 0 Å². The Morgan fingerprint density at radius 2 is 2.00 bits per heavy atom. The molecule has 0 saturated heterocycles. The van der Waals surface area contributed by atoms with E-state index in [-0.39, 0.29) is 16.5 Å². The molecule has 0 unspecified atom stereocenters. The van der Waals surface area contributed by atoms with Gasteiger partial charge in [0.25, 0.3) is 0 Å². The molecule has 6 nitrogen and oxygen atoms in total. The molecule has 0 N–H and O–H groups in total. The molecule has 0 atom stereocenters. The van der Waals surface area contributed by atoms with Crippen molar-refractivity contribution in [3.63, 3.8) is 0 Å². The summed E-state index contributed by atoms with van der Waals surface area (Å²) in [6.07, 6.45) is 2.52. The molecule has 110 valence electrons. The molecule has 0 bridgehead atoms. The summed E-state index contributed by atoms with van der Waals surface area (Å²) in [5.41, 5.74) is -0.870. The monoisotopic (exact) mass is 302 g/mol. The fourth-order valence-corrected chi connectivity index (χ4v) is 3.64. The molecule has 1 saturated carbocycles. The van der Waals surface area contributed by atoms with E-state index < -0.39 is 26.5 Å². The first-order valence-electron chi connectivity index (χ1n) is 6.17. The Morgan fingerprint density at radius 1 is 1.40 bits per heavy atom. The summed E-state index contributed by atoms with van der Waals surface area (Å²) in [6.45, 7) is 1.31. The van der Waals surface area contributed by atoms with E-state index in [1.807, 2.05) is 0 Å². The fraction of sp³-hybridized carbons (Fsp3) is 0.500. The summed E-state index contributed by atoms with van der Waals surface area (Å²) < 4.78 is 39.6. The molecule has 1 aromatic carbocycles. The Morgan fingerprint density at radius 3 is 2.45 bits per heavy atom. The van der Waals surface area contributed by atoms with E-state index in [2.05, 4.69) is 0 Å². The van der Waals surface area contributed by atoms with Crippen LogP contribution in [0.25, 0.3) is 0 Å². The van der Waals surface area contributed by atoms with Crippen molar-refractivity contribution >= 4 is 15.7 Å². The number of nitrogens with zero attached hydrogens (tertiary/aromatic N) is 2. The average Bonchev–Trinajstić information content (AvgIpc) is 2.29. The molecule has 2 rings (SSSR count). The zero-order chi connectivity index (χ0) is 15.1. The second-order valence-corrected chi connectivity index (χ2v) is 6.93. The maximum atomic E-state index is 13.6. The molecule has 1 aliphatic rings. The second-order valence-electron chi connectivity index (χ2n) is 4.94. The van der Waals surface area contributed by atoms with Crippen molar-refractivity contribution in [1.29, 1.82) is 0 Å². The van der Waals surface area contributed by atoms with Crippen LogP contribution in [0.5, 0.6) is 0 Å².